The Bertz CT molecular complexity index is 4110. The van der Waals surface area contributed by atoms with Crippen LogP contribution in [0.4, 0.5) is 51.2 Å². The van der Waals surface area contributed by atoms with Crippen LogP contribution in [-0.4, -0.2) is 13.4 Å². The van der Waals surface area contributed by atoms with Gasteiger partial charge in [-0.1, -0.05) is 133 Å². The molecule has 10 aromatic carbocycles. The van der Waals surface area contributed by atoms with Gasteiger partial charge in [0.1, 0.15) is 33.8 Å². The van der Waals surface area contributed by atoms with E-state index < -0.39 is 0 Å². The number of para-hydroxylation sites is 7. The highest BCUT2D eigenvalue weighted by Gasteiger charge is 2.49. The number of hydrogen-bond acceptors (Lipinski definition) is 6. The molecule has 4 aliphatic heterocycles. The van der Waals surface area contributed by atoms with E-state index in [1.165, 1.54) is 21.9 Å². The Balaban J connectivity index is 1.08. The van der Waals surface area contributed by atoms with Crippen molar-refractivity contribution < 1.29 is 13.6 Å². The van der Waals surface area contributed by atoms with Crippen LogP contribution in [0.2, 0.25) is 0 Å². The molecule has 0 amide bonds. The van der Waals surface area contributed by atoms with E-state index in [0.29, 0.717) is 0 Å². The first-order valence-electron chi connectivity index (χ1n) is 23.3. The zero-order valence-corrected chi connectivity index (χ0v) is 36.4. The summed E-state index contributed by atoms with van der Waals surface area (Å²) in [5.41, 5.74) is 20.5. The largest absolute Gasteiger partial charge is 0.458 e. The molecule has 0 aliphatic carbocycles. The molecule has 2 aromatic heterocycles. The molecular formula is C60H35B2N3O3. The second-order valence-corrected chi connectivity index (χ2v) is 18.3. The molecule has 0 spiro atoms. The van der Waals surface area contributed by atoms with Crippen molar-refractivity contribution in [3.05, 3.63) is 212 Å². The summed E-state index contributed by atoms with van der Waals surface area (Å²) in [6.45, 7) is -0.273. The van der Waals surface area contributed by atoms with Gasteiger partial charge in [-0.05, 0) is 99.5 Å². The highest BCUT2D eigenvalue weighted by Crippen LogP contribution is 2.52. The number of hydrogen-bond donors (Lipinski definition) is 0. The molecule has 0 saturated carbocycles. The van der Waals surface area contributed by atoms with Crippen molar-refractivity contribution >= 4 is 141 Å². The summed E-state index contributed by atoms with van der Waals surface area (Å²) in [6.07, 6.45) is 0. The lowest BCUT2D eigenvalue weighted by Gasteiger charge is -2.46. The lowest BCUT2D eigenvalue weighted by molar-refractivity contribution is 0.493. The Morgan fingerprint density at radius 2 is 0.809 bits per heavy atom. The molecule has 8 heteroatoms. The average Bonchev–Trinajstić information content (AvgIpc) is 3.97. The molecule has 12 aromatic rings. The minimum Gasteiger partial charge on any atom is -0.458 e. The van der Waals surface area contributed by atoms with Gasteiger partial charge in [0, 0.05) is 68.4 Å². The van der Waals surface area contributed by atoms with Gasteiger partial charge in [-0.15, -0.1) is 0 Å². The molecule has 0 bridgehead atoms. The fourth-order valence-electron chi connectivity index (χ4n) is 12.2. The summed E-state index contributed by atoms with van der Waals surface area (Å²) >= 11 is 0. The number of benzene rings is 10. The monoisotopic (exact) mass is 867 g/mol. The fraction of sp³-hybridized carbons (Fsp3) is 0. The smallest absolute Gasteiger partial charge is 0.256 e. The molecule has 0 atom stereocenters. The van der Waals surface area contributed by atoms with Crippen LogP contribution in [0, 0.1) is 0 Å². The van der Waals surface area contributed by atoms with E-state index in [2.05, 4.69) is 221 Å². The van der Waals surface area contributed by atoms with Gasteiger partial charge in [-0.2, -0.15) is 0 Å². The Hall–Kier alpha value is -8.87. The van der Waals surface area contributed by atoms with Crippen molar-refractivity contribution in [2.75, 3.05) is 14.7 Å². The van der Waals surface area contributed by atoms with Crippen LogP contribution in [0.5, 0.6) is 11.5 Å². The third-order valence-electron chi connectivity index (χ3n) is 14.8. The molecule has 68 heavy (non-hydrogen) atoms. The minimum atomic E-state index is -0.144. The molecule has 6 nitrogen and oxygen atoms in total. The molecular weight excluding hydrogens is 832 g/mol. The van der Waals surface area contributed by atoms with E-state index in [9.17, 15) is 0 Å². The summed E-state index contributed by atoms with van der Waals surface area (Å²) in [4.78, 5) is 7.41. The standard InChI is InChI=1S/C60H35B2N3O3/c1-4-18-36(19-5-1)63-45-28-14-12-26-41(45)61-44-32-43-46(33-47(44)65(38-22-8-3-9-23-38)59-55-39-24-10-15-29-50(39)66-53(55)34-48(63)57(59)61)64(37-20-6-2-7-21-37)49-35-54-56(40-25-11-16-30-51(40)67-54)60-58(49)62(43)42-27-13-17-31-52(42)68-60/h1-35H. The zero-order chi connectivity index (χ0) is 44.2. The lowest BCUT2D eigenvalue weighted by Crippen LogP contribution is -2.64. The van der Waals surface area contributed by atoms with E-state index >= 15 is 0 Å². The van der Waals surface area contributed by atoms with Crippen molar-refractivity contribution in [1.82, 2.24) is 0 Å². The Morgan fingerprint density at radius 3 is 1.49 bits per heavy atom. The molecule has 6 heterocycles. The van der Waals surface area contributed by atoms with Crippen LogP contribution in [0.1, 0.15) is 0 Å². The van der Waals surface area contributed by atoms with Gasteiger partial charge in [0.25, 0.3) is 13.4 Å². The van der Waals surface area contributed by atoms with Crippen molar-refractivity contribution in [3.63, 3.8) is 0 Å². The molecule has 0 saturated heterocycles. The van der Waals surface area contributed by atoms with Gasteiger partial charge in [0.2, 0.25) is 0 Å². The first-order valence-corrected chi connectivity index (χ1v) is 23.3. The zero-order valence-electron chi connectivity index (χ0n) is 36.4. The first-order chi connectivity index (χ1) is 33.8. The third kappa shape index (κ3) is 4.73. The van der Waals surface area contributed by atoms with Crippen molar-refractivity contribution in [3.8, 4) is 11.5 Å². The third-order valence-corrected chi connectivity index (χ3v) is 14.8. The van der Waals surface area contributed by atoms with Crippen LogP contribution in [0.3, 0.4) is 0 Å². The summed E-state index contributed by atoms with van der Waals surface area (Å²) in [7, 11) is 0. The van der Waals surface area contributed by atoms with Gasteiger partial charge in [-0.25, -0.2) is 0 Å². The van der Waals surface area contributed by atoms with Gasteiger partial charge in [-0.3, -0.25) is 0 Å². The number of ether oxygens (including phenoxy) is 1. The number of furan rings is 2. The number of anilines is 9. The number of rotatable bonds is 3. The summed E-state index contributed by atoms with van der Waals surface area (Å²) < 4.78 is 20.8. The quantitative estimate of drug-likeness (QED) is 0.165. The normalized spacial score (nSPS) is 13.9. The van der Waals surface area contributed by atoms with Crippen LogP contribution in [-0.2, 0) is 0 Å². The van der Waals surface area contributed by atoms with Crippen molar-refractivity contribution in [2.24, 2.45) is 0 Å². The van der Waals surface area contributed by atoms with Gasteiger partial charge in [0.05, 0.1) is 16.5 Å². The minimum absolute atomic E-state index is 0.129. The maximum atomic E-state index is 7.16. The van der Waals surface area contributed by atoms with Crippen molar-refractivity contribution in [1.29, 1.82) is 0 Å². The van der Waals surface area contributed by atoms with Crippen LogP contribution < -0.4 is 52.2 Å². The SMILES string of the molecule is c1ccc(N2c3cc4c(cc3B3c5ccccc5Oc5c3c2cc2oc3ccccc3c52)B2c3ccccc3N(c3ccccc3)c3cc5oc6ccccc6c5c(c32)N4c2ccccc2)cc1. The van der Waals surface area contributed by atoms with Crippen LogP contribution >= 0.6 is 0 Å². The van der Waals surface area contributed by atoms with Crippen molar-refractivity contribution in [2.45, 2.75) is 0 Å². The topological polar surface area (TPSA) is 45.2 Å². The first kappa shape index (κ1) is 36.4. The molecule has 16 rings (SSSR count). The van der Waals surface area contributed by atoms with Gasteiger partial charge < -0.3 is 28.3 Å². The van der Waals surface area contributed by atoms with E-state index in [0.717, 1.165) is 117 Å². The Kier molecular flexibility index (Phi) is 7.15. The predicted molar refractivity (Wildman–Crippen MR) is 281 cm³/mol. The predicted octanol–water partition coefficient (Wildman–Crippen LogP) is 12.0. The van der Waals surface area contributed by atoms with Gasteiger partial charge in [0.15, 0.2) is 0 Å². The average molecular weight is 868 g/mol. The Morgan fingerprint density at radius 1 is 0.324 bits per heavy atom. The summed E-state index contributed by atoms with van der Waals surface area (Å²) in [5.74, 6) is 1.71. The second-order valence-electron chi connectivity index (χ2n) is 18.3. The highest BCUT2D eigenvalue weighted by atomic mass is 16.5. The molecule has 0 N–H and O–H groups in total. The Labute approximate surface area is 391 Å². The van der Waals surface area contributed by atoms with E-state index in [4.69, 9.17) is 13.6 Å². The van der Waals surface area contributed by atoms with Crippen LogP contribution in [0.25, 0.3) is 43.9 Å². The van der Waals surface area contributed by atoms with Crippen LogP contribution in [0.15, 0.2) is 221 Å². The number of fused-ring (bicyclic) bond motifs is 16. The maximum Gasteiger partial charge on any atom is 0.256 e. The van der Waals surface area contributed by atoms with E-state index in [1.807, 2.05) is 6.07 Å². The highest BCUT2D eigenvalue weighted by molar-refractivity contribution is 7.03. The second kappa shape index (κ2) is 13.4. The van der Waals surface area contributed by atoms with Gasteiger partial charge >= 0.3 is 0 Å². The van der Waals surface area contributed by atoms with E-state index in [-0.39, 0.29) is 13.4 Å². The summed E-state index contributed by atoms with van der Waals surface area (Å²) in [5, 5.41) is 4.24. The molecule has 0 fully saturated rings. The summed E-state index contributed by atoms with van der Waals surface area (Å²) in [6, 6.07) is 76.4. The molecule has 0 unspecified atom stereocenters. The molecule has 0 radical (unpaired) electrons. The molecule has 4 aliphatic rings. The fourth-order valence-corrected chi connectivity index (χ4v) is 12.2. The lowest BCUT2D eigenvalue weighted by atomic mass is 9.30. The maximum absolute atomic E-state index is 7.16. The van der Waals surface area contributed by atoms with E-state index in [1.54, 1.807) is 0 Å². The molecule has 314 valence electrons. The number of nitrogens with zero attached hydrogens (tertiary/aromatic N) is 3.